The number of hydrogen-bond acceptors (Lipinski definition) is 1. The van der Waals surface area contributed by atoms with Gasteiger partial charge in [0.2, 0.25) is 0 Å². The summed E-state index contributed by atoms with van der Waals surface area (Å²) in [4.78, 5) is 0. The van der Waals surface area contributed by atoms with Gasteiger partial charge in [-0.2, -0.15) is 0 Å². The second-order valence-corrected chi connectivity index (χ2v) is 4.16. The quantitative estimate of drug-likeness (QED) is 0.666. The fourth-order valence-corrected chi connectivity index (χ4v) is 2.67. The zero-order valence-electron chi connectivity index (χ0n) is 7.10. The molecule has 0 atom stereocenters. The lowest BCUT2D eigenvalue weighted by molar-refractivity contribution is 0.614. The summed E-state index contributed by atoms with van der Waals surface area (Å²) in [6.45, 7) is 1.91. The van der Waals surface area contributed by atoms with Crippen LogP contribution in [0.2, 0.25) is 5.02 Å². The molecule has 0 saturated heterocycles. The average Bonchev–Trinajstić information content (AvgIpc) is 2.53. The van der Waals surface area contributed by atoms with E-state index in [9.17, 15) is 4.39 Å². The largest absolute Gasteiger partial charge is 0.207 e. The summed E-state index contributed by atoms with van der Waals surface area (Å²) in [7, 11) is 0. The van der Waals surface area contributed by atoms with Crippen LogP contribution in [0, 0.1) is 5.82 Å². The van der Waals surface area contributed by atoms with Crippen LogP contribution in [0.25, 0.3) is 10.1 Å². The van der Waals surface area contributed by atoms with Crippen molar-refractivity contribution in [1.82, 2.24) is 0 Å². The van der Waals surface area contributed by atoms with E-state index in [1.165, 1.54) is 11.3 Å². The third kappa shape index (κ3) is 1.34. The standard InChI is InChI=1S/C10H8ClFS/c1-2-6-8(12)5-9-7(10(6)11)3-4-13-9/h3-5H,2H2,1H3. The summed E-state index contributed by atoms with van der Waals surface area (Å²) in [5.74, 6) is -0.192. The molecule has 0 bridgehead atoms. The Hall–Kier alpha value is -0.600. The highest BCUT2D eigenvalue weighted by Crippen LogP contribution is 2.32. The first kappa shape index (κ1) is 8.97. The summed E-state index contributed by atoms with van der Waals surface area (Å²) >= 11 is 7.57. The van der Waals surface area contributed by atoms with Crippen molar-refractivity contribution in [2.24, 2.45) is 0 Å². The van der Waals surface area contributed by atoms with E-state index in [1.807, 2.05) is 18.4 Å². The number of thiophene rings is 1. The molecular formula is C10H8ClFS. The van der Waals surface area contributed by atoms with Crippen molar-refractivity contribution in [2.45, 2.75) is 13.3 Å². The van der Waals surface area contributed by atoms with Crippen LogP contribution in [0.5, 0.6) is 0 Å². The zero-order chi connectivity index (χ0) is 9.42. The maximum atomic E-state index is 13.4. The Kier molecular flexibility index (Phi) is 2.26. The molecule has 13 heavy (non-hydrogen) atoms. The third-order valence-corrected chi connectivity index (χ3v) is 3.39. The smallest absolute Gasteiger partial charge is 0.129 e. The van der Waals surface area contributed by atoms with Crippen LogP contribution in [0.3, 0.4) is 0 Å². The molecule has 0 radical (unpaired) electrons. The van der Waals surface area contributed by atoms with E-state index in [2.05, 4.69) is 0 Å². The van der Waals surface area contributed by atoms with Crippen molar-refractivity contribution in [1.29, 1.82) is 0 Å². The van der Waals surface area contributed by atoms with Gasteiger partial charge >= 0.3 is 0 Å². The average molecular weight is 215 g/mol. The number of benzene rings is 1. The van der Waals surface area contributed by atoms with Crippen LogP contribution >= 0.6 is 22.9 Å². The first-order chi connectivity index (χ1) is 6.24. The second kappa shape index (κ2) is 3.28. The molecule has 0 aliphatic carbocycles. The van der Waals surface area contributed by atoms with Gasteiger partial charge in [-0.25, -0.2) is 4.39 Å². The second-order valence-electron chi connectivity index (χ2n) is 2.84. The molecule has 0 unspecified atom stereocenters. The molecule has 0 amide bonds. The molecule has 0 aliphatic heterocycles. The van der Waals surface area contributed by atoms with Crippen LogP contribution in [0.15, 0.2) is 17.5 Å². The van der Waals surface area contributed by atoms with E-state index in [4.69, 9.17) is 11.6 Å². The maximum absolute atomic E-state index is 13.4. The highest BCUT2D eigenvalue weighted by atomic mass is 35.5. The first-order valence-corrected chi connectivity index (χ1v) is 5.34. The minimum Gasteiger partial charge on any atom is -0.207 e. The molecule has 0 N–H and O–H groups in total. The van der Waals surface area contributed by atoms with Gasteiger partial charge in [0.05, 0.1) is 5.02 Å². The van der Waals surface area contributed by atoms with E-state index in [0.29, 0.717) is 17.0 Å². The van der Waals surface area contributed by atoms with E-state index in [1.54, 1.807) is 6.07 Å². The van der Waals surface area contributed by atoms with Crippen molar-refractivity contribution < 1.29 is 4.39 Å². The van der Waals surface area contributed by atoms with Crippen LogP contribution in [-0.2, 0) is 6.42 Å². The number of hydrogen-bond donors (Lipinski definition) is 0. The topological polar surface area (TPSA) is 0 Å². The van der Waals surface area contributed by atoms with Gasteiger partial charge in [-0.3, -0.25) is 0 Å². The molecule has 2 aromatic rings. The summed E-state index contributed by atoms with van der Waals surface area (Å²) in [5, 5.41) is 3.46. The Morgan fingerprint density at radius 2 is 2.31 bits per heavy atom. The summed E-state index contributed by atoms with van der Waals surface area (Å²) in [6.07, 6.45) is 0.635. The van der Waals surface area contributed by atoms with Crippen molar-refractivity contribution in [2.75, 3.05) is 0 Å². The summed E-state index contributed by atoms with van der Waals surface area (Å²) in [6, 6.07) is 3.49. The van der Waals surface area contributed by atoms with Gasteiger partial charge in [0.15, 0.2) is 0 Å². The van der Waals surface area contributed by atoms with E-state index >= 15 is 0 Å². The highest BCUT2D eigenvalue weighted by molar-refractivity contribution is 7.17. The van der Waals surface area contributed by atoms with Crippen LogP contribution in [0.4, 0.5) is 4.39 Å². The first-order valence-electron chi connectivity index (χ1n) is 4.08. The SMILES string of the molecule is CCc1c(F)cc2sccc2c1Cl. The molecule has 1 aromatic heterocycles. The molecule has 1 heterocycles. The Labute approximate surface area is 85.0 Å². The predicted octanol–water partition coefficient (Wildman–Crippen LogP) is 4.26. The lowest BCUT2D eigenvalue weighted by Gasteiger charge is -2.03. The third-order valence-electron chi connectivity index (χ3n) is 2.10. The Balaban J connectivity index is 2.85. The van der Waals surface area contributed by atoms with Gasteiger partial charge < -0.3 is 0 Å². The fraction of sp³-hybridized carbons (Fsp3) is 0.200. The van der Waals surface area contributed by atoms with Crippen LogP contribution in [0.1, 0.15) is 12.5 Å². The Morgan fingerprint density at radius 3 is 3.00 bits per heavy atom. The fourth-order valence-electron chi connectivity index (χ4n) is 1.41. The van der Waals surface area contributed by atoms with Gasteiger partial charge in [-0.1, -0.05) is 18.5 Å². The minimum absolute atomic E-state index is 0.192. The molecule has 68 valence electrons. The number of rotatable bonds is 1. The van der Waals surface area contributed by atoms with Gasteiger partial charge in [0, 0.05) is 15.6 Å². The molecule has 0 aliphatic rings. The molecular weight excluding hydrogens is 207 g/mol. The van der Waals surface area contributed by atoms with E-state index < -0.39 is 0 Å². The van der Waals surface area contributed by atoms with Crippen molar-refractivity contribution in [3.8, 4) is 0 Å². The normalized spacial score (nSPS) is 11.0. The maximum Gasteiger partial charge on any atom is 0.129 e. The lowest BCUT2D eigenvalue weighted by atomic mass is 10.1. The van der Waals surface area contributed by atoms with Crippen LogP contribution in [-0.4, -0.2) is 0 Å². The van der Waals surface area contributed by atoms with Gasteiger partial charge in [-0.15, -0.1) is 11.3 Å². The predicted molar refractivity (Wildman–Crippen MR) is 56.2 cm³/mol. The van der Waals surface area contributed by atoms with Gasteiger partial charge in [-0.05, 0) is 23.9 Å². The molecule has 2 rings (SSSR count). The Bertz CT molecular complexity index is 447. The molecule has 0 nitrogen and oxygen atoms in total. The molecule has 0 fully saturated rings. The van der Waals surface area contributed by atoms with E-state index in [-0.39, 0.29) is 5.82 Å². The summed E-state index contributed by atoms with van der Waals surface area (Å²) in [5.41, 5.74) is 0.618. The molecule has 3 heteroatoms. The van der Waals surface area contributed by atoms with E-state index in [0.717, 1.165) is 10.1 Å². The monoisotopic (exact) mass is 214 g/mol. The number of halogens is 2. The van der Waals surface area contributed by atoms with Gasteiger partial charge in [0.1, 0.15) is 5.82 Å². The zero-order valence-corrected chi connectivity index (χ0v) is 8.68. The minimum atomic E-state index is -0.192. The number of fused-ring (bicyclic) bond motifs is 1. The molecule has 0 saturated carbocycles. The van der Waals surface area contributed by atoms with Crippen LogP contribution < -0.4 is 0 Å². The molecule has 1 aromatic carbocycles. The Morgan fingerprint density at radius 1 is 1.54 bits per heavy atom. The molecule has 0 spiro atoms. The lowest BCUT2D eigenvalue weighted by Crippen LogP contribution is -1.88. The summed E-state index contributed by atoms with van der Waals surface area (Å²) < 4.78 is 14.3. The van der Waals surface area contributed by atoms with Crippen molar-refractivity contribution in [3.63, 3.8) is 0 Å². The highest BCUT2D eigenvalue weighted by Gasteiger charge is 2.10. The van der Waals surface area contributed by atoms with Gasteiger partial charge in [0.25, 0.3) is 0 Å². The van der Waals surface area contributed by atoms with Crippen molar-refractivity contribution >= 4 is 33.0 Å². The van der Waals surface area contributed by atoms with Crippen molar-refractivity contribution in [3.05, 3.63) is 33.9 Å².